The second-order valence-electron chi connectivity index (χ2n) is 8.82. The van der Waals surface area contributed by atoms with E-state index in [1.54, 1.807) is 17.0 Å². The van der Waals surface area contributed by atoms with Gasteiger partial charge in [-0.25, -0.2) is 9.18 Å². The molecule has 0 unspecified atom stereocenters. The lowest BCUT2D eigenvalue weighted by Crippen LogP contribution is -2.48. The van der Waals surface area contributed by atoms with E-state index in [-0.39, 0.29) is 35.1 Å². The fraction of sp³-hybridized carbons (Fsp3) is 0.619. The number of nitrogens with one attached hydrogen (secondary N) is 2. The molecule has 1 aliphatic rings. The van der Waals surface area contributed by atoms with Crippen molar-refractivity contribution in [2.75, 3.05) is 19.6 Å². The summed E-state index contributed by atoms with van der Waals surface area (Å²) in [4.78, 5) is 27.1. The van der Waals surface area contributed by atoms with Crippen LogP contribution in [-0.4, -0.2) is 42.0 Å². The second kappa shape index (κ2) is 8.72. The number of halogens is 1. The number of rotatable bonds is 5. The standard InChI is InChI=1S/C21H32FN3O2/c1-14(2)10-11-23-19(26)18-13-25(20(27)24-21(3,4)5)12-17(18)15-6-8-16(22)9-7-15/h6-9,14,17-18H,10-13H2,1-5H3,(H,23,26)(H,24,27)/t17-,18-/m1/s1. The fourth-order valence-corrected chi connectivity index (χ4v) is 3.30. The zero-order valence-corrected chi connectivity index (χ0v) is 17.0. The van der Waals surface area contributed by atoms with Crippen molar-refractivity contribution in [2.45, 2.75) is 52.5 Å². The van der Waals surface area contributed by atoms with Crippen molar-refractivity contribution in [1.29, 1.82) is 0 Å². The first kappa shape index (κ1) is 21.2. The maximum atomic E-state index is 13.3. The third-order valence-electron chi connectivity index (χ3n) is 4.74. The molecule has 1 saturated heterocycles. The summed E-state index contributed by atoms with van der Waals surface area (Å²) in [6.07, 6.45) is 0.911. The second-order valence-corrected chi connectivity index (χ2v) is 8.82. The number of urea groups is 1. The predicted octanol–water partition coefficient (Wildman–Crippen LogP) is 3.51. The molecule has 2 atom stereocenters. The Hall–Kier alpha value is -2.11. The van der Waals surface area contributed by atoms with Gasteiger partial charge in [-0.3, -0.25) is 4.79 Å². The molecule has 0 aliphatic carbocycles. The summed E-state index contributed by atoms with van der Waals surface area (Å²) < 4.78 is 13.3. The number of hydrogen-bond acceptors (Lipinski definition) is 2. The van der Waals surface area contributed by atoms with E-state index in [0.717, 1.165) is 12.0 Å². The number of amides is 3. The van der Waals surface area contributed by atoms with E-state index >= 15 is 0 Å². The van der Waals surface area contributed by atoms with Crippen LogP contribution in [0.25, 0.3) is 0 Å². The lowest BCUT2D eigenvalue weighted by Gasteiger charge is -2.25. The van der Waals surface area contributed by atoms with E-state index in [1.165, 1.54) is 12.1 Å². The molecule has 6 heteroatoms. The monoisotopic (exact) mass is 377 g/mol. The van der Waals surface area contributed by atoms with E-state index in [9.17, 15) is 14.0 Å². The zero-order chi connectivity index (χ0) is 20.2. The van der Waals surface area contributed by atoms with Crippen LogP contribution in [0, 0.1) is 17.7 Å². The highest BCUT2D eigenvalue weighted by Gasteiger charge is 2.40. The van der Waals surface area contributed by atoms with Crippen LogP contribution in [0.1, 0.15) is 52.5 Å². The van der Waals surface area contributed by atoms with Gasteiger partial charge in [-0.1, -0.05) is 26.0 Å². The molecule has 0 radical (unpaired) electrons. The number of carbonyl (C=O) groups excluding carboxylic acids is 2. The summed E-state index contributed by atoms with van der Waals surface area (Å²) in [6.45, 7) is 11.4. The normalized spacial score (nSPS) is 20.0. The van der Waals surface area contributed by atoms with Crippen LogP contribution in [-0.2, 0) is 4.79 Å². The van der Waals surface area contributed by atoms with Crippen molar-refractivity contribution in [3.05, 3.63) is 35.6 Å². The molecule has 3 amide bonds. The summed E-state index contributed by atoms with van der Waals surface area (Å²) in [5.41, 5.74) is 0.534. The highest BCUT2D eigenvalue weighted by atomic mass is 19.1. The Morgan fingerprint density at radius 3 is 2.37 bits per heavy atom. The number of likely N-dealkylation sites (tertiary alicyclic amines) is 1. The molecule has 0 aromatic heterocycles. The molecule has 1 aliphatic heterocycles. The van der Waals surface area contributed by atoms with Crippen molar-refractivity contribution in [3.63, 3.8) is 0 Å². The predicted molar refractivity (Wildman–Crippen MR) is 105 cm³/mol. The van der Waals surface area contributed by atoms with Crippen molar-refractivity contribution in [3.8, 4) is 0 Å². The average molecular weight is 378 g/mol. The Bertz CT molecular complexity index is 652. The van der Waals surface area contributed by atoms with Crippen LogP contribution in [0.4, 0.5) is 9.18 Å². The molecular formula is C21H32FN3O2. The molecule has 1 aromatic rings. The molecule has 5 nitrogen and oxygen atoms in total. The van der Waals surface area contributed by atoms with Crippen LogP contribution in [0.5, 0.6) is 0 Å². The van der Waals surface area contributed by atoms with Gasteiger partial charge in [-0.2, -0.15) is 0 Å². The molecule has 0 spiro atoms. The molecule has 2 rings (SSSR count). The Labute approximate surface area is 161 Å². The lowest BCUT2D eigenvalue weighted by atomic mass is 9.88. The fourth-order valence-electron chi connectivity index (χ4n) is 3.30. The molecule has 1 aromatic carbocycles. The third kappa shape index (κ3) is 6.22. The topological polar surface area (TPSA) is 61.4 Å². The number of hydrogen-bond donors (Lipinski definition) is 2. The van der Waals surface area contributed by atoms with E-state index in [1.807, 2.05) is 20.8 Å². The Kier molecular flexibility index (Phi) is 6.84. The van der Waals surface area contributed by atoms with Crippen LogP contribution >= 0.6 is 0 Å². The molecule has 1 heterocycles. The van der Waals surface area contributed by atoms with Crippen LogP contribution in [0.2, 0.25) is 0 Å². The quantitative estimate of drug-likeness (QED) is 0.825. The highest BCUT2D eigenvalue weighted by Crippen LogP contribution is 2.33. The van der Waals surface area contributed by atoms with E-state index in [2.05, 4.69) is 24.5 Å². The van der Waals surface area contributed by atoms with Gasteiger partial charge in [-0.15, -0.1) is 0 Å². The highest BCUT2D eigenvalue weighted by molar-refractivity contribution is 5.83. The van der Waals surface area contributed by atoms with Gasteiger partial charge < -0.3 is 15.5 Å². The Balaban J connectivity index is 2.15. The largest absolute Gasteiger partial charge is 0.356 e. The van der Waals surface area contributed by atoms with Crippen LogP contribution < -0.4 is 10.6 Å². The molecule has 27 heavy (non-hydrogen) atoms. The Morgan fingerprint density at radius 2 is 1.81 bits per heavy atom. The Morgan fingerprint density at radius 1 is 1.19 bits per heavy atom. The van der Waals surface area contributed by atoms with Gasteiger partial charge >= 0.3 is 6.03 Å². The van der Waals surface area contributed by atoms with Crippen molar-refractivity contribution in [1.82, 2.24) is 15.5 Å². The van der Waals surface area contributed by atoms with Gasteiger partial charge in [-0.05, 0) is 50.8 Å². The molecule has 150 valence electrons. The number of carbonyl (C=O) groups is 2. The smallest absolute Gasteiger partial charge is 0.317 e. The lowest BCUT2D eigenvalue weighted by molar-refractivity contribution is -0.124. The van der Waals surface area contributed by atoms with Crippen molar-refractivity contribution in [2.24, 2.45) is 11.8 Å². The van der Waals surface area contributed by atoms with Crippen molar-refractivity contribution < 1.29 is 14.0 Å². The number of benzene rings is 1. The minimum Gasteiger partial charge on any atom is -0.356 e. The number of nitrogens with zero attached hydrogens (tertiary/aromatic N) is 1. The maximum absolute atomic E-state index is 13.3. The van der Waals surface area contributed by atoms with Gasteiger partial charge in [0.1, 0.15) is 5.82 Å². The molecular weight excluding hydrogens is 345 g/mol. The third-order valence-corrected chi connectivity index (χ3v) is 4.74. The van der Waals surface area contributed by atoms with E-state index in [0.29, 0.717) is 25.6 Å². The van der Waals surface area contributed by atoms with Gasteiger partial charge in [0, 0.05) is 31.1 Å². The van der Waals surface area contributed by atoms with Crippen LogP contribution in [0.3, 0.4) is 0 Å². The van der Waals surface area contributed by atoms with E-state index < -0.39 is 0 Å². The first-order chi connectivity index (χ1) is 12.6. The van der Waals surface area contributed by atoms with Gasteiger partial charge in [0.15, 0.2) is 0 Å². The summed E-state index contributed by atoms with van der Waals surface area (Å²) in [5.74, 6) is -0.326. The maximum Gasteiger partial charge on any atom is 0.317 e. The van der Waals surface area contributed by atoms with Crippen LogP contribution in [0.15, 0.2) is 24.3 Å². The van der Waals surface area contributed by atoms with Crippen molar-refractivity contribution >= 4 is 11.9 Å². The minimum atomic E-state index is -0.347. The zero-order valence-electron chi connectivity index (χ0n) is 17.0. The van der Waals surface area contributed by atoms with Gasteiger partial charge in [0.05, 0.1) is 5.92 Å². The van der Waals surface area contributed by atoms with Gasteiger partial charge in [0.25, 0.3) is 0 Å². The SMILES string of the molecule is CC(C)CCNC(=O)[C@@H]1CN(C(=O)NC(C)(C)C)C[C@@H]1c1ccc(F)cc1. The summed E-state index contributed by atoms with van der Waals surface area (Å²) >= 11 is 0. The molecule has 0 saturated carbocycles. The summed E-state index contributed by atoms with van der Waals surface area (Å²) in [5, 5.41) is 5.96. The molecule has 1 fully saturated rings. The average Bonchev–Trinajstić information content (AvgIpc) is 2.99. The van der Waals surface area contributed by atoms with E-state index in [4.69, 9.17) is 0 Å². The summed E-state index contributed by atoms with van der Waals surface area (Å²) in [7, 11) is 0. The molecule has 0 bridgehead atoms. The molecule has 2 N–H and O–H groups in total. The summed E-state index contributed by atoms with van der Waals surface area (Å²) in [6, 6.07) is 6.05. The van der Waals surface area contributed by atoms with Gasteiger partial charge in [0.2, 0.25) is 5.91 Å². The first-order valence-corrected chi connectivity index (χ1v) is 9.67. The first-order valence-electron chi connectivity index (χ1n) is 9.67. The minimum absolute atomic E-state index is 0.0453.